The normalized spacial score (nSPS) is 15.1. The molecular weight excluding hydrogens is 801 g/mol. The molecule has 0 aliphatic carbocycles. The van der Waals surface area contributed by atoms with E-state index >= 15 is 0 Å². The highest BCUT2D eigenvalue weighted by Crippen LogP contribution is 2.47. The van der Waals surface area contributed by atoms with Crippen LogP contribution in [0.1, 0.15) is 157 Å². The van der Waals surface area contributed by atoms with Gasteiger partial charge in [0, 0.05) is 49.6 Å². The molecule has 4 heterocycles. The summed E-state index contributed by atoms with van der Waals surface area (Å²) in [5.74, 6) is 2.86. The van der Waals surface area contributed by atoms with Crippen LogP contribution in [0, 0.1) is 0 Å². The second-order valence-electron chi connectivity index (χ2n) is 18.6. The lowest BCUT2D eigenvalue weighted by molar-refractivity contribution is 0.377. The van der Waals surface area contributed by atoms with E-state index in [1.165, 1.54) is 44.5 Å². The SMILES string of the molecule is CCC(CC(CC(CC(CC(CC(CC(CC(C)c1ccncc1)c1ccncc1)c1ccncc1)c1ccncc1)c1ccccc1)c1ccccc1)c1ccccc1)c1ccccc1. The van der Waals surface area contributed by atoms with E-state index in [0.29, 0.717) is 41.4 Å². The molecule has 0 amide bonds. The molecule has 8 rings (SSSR count). The average molecular weight is 867 g/mol. The molecular formula is C62H66N4. The van der Waals surface area contributed by atoms with E-state index in [2.05, 4.69) is 204 Å². The van der Waals surface area contributed by atoms with E-state index in [4.69, 9.17) is 0 Å². The first-order valence-electron chi connectivity index (χ1n) is 24.4. The average Bonchev–Trinajstić information content (AvgIpc) is 3.40. The molecule has 4 heteroatoms. The first kappa shape index (κ1) is 46.0. The molecule has 0 N–H and O–H groups in total. The van der Waals surface area contributed by atoms with Crippen molar-refractivity contribution in [3.8, 4) is 0 Å². The predicted octanol–water partition coefficient (Wildman–Crippen LogP) is 16.0. The van der Waals surface area contributed by atoms with Gasteiger partial charge in [-0.3, -0.25) is 19.9 Å². The second-order valence-corrected chi connectivity index (χ2v) is 18.6. The van der Waals surface area contributed by atoms with Gasteiger partial charge in [-0.15, -0.1) is 0 Å². The van der Waals surface area contributed by atoms with Gasteiger partial charge in [0.05, 0.1) is 0 Å². The van der Waals surface area contributed by atoms with Gasteiger partial charge in [0.1, 0.15) is 0 Å². The molecule has 0 spiro atoms. The van der Waals surface area contributed by atoms with Crippen molar-refractivity contribution < 1.29 is 0 Å². The summed E-state index contributed by atoms with van der Waals surface area (Å²) in [6.45, 7) is 4.73. The second kappa shape index (κ2) is 24.1. The fourth-order valence-electron chi connectivity index (χ4n) is 10.9. The van der Waals surface area contributed by atoms with Crippen LogP contribution in [0.5, 0.6) is 0 Å². The van der Waals surface area contributed by atoms with E-state index in [1.807, 2.05) is 49.6 Å². The quantitative estimate of drug-likeness (QED) is 0.0643. The van der Waals surface area contributed by atoms with Crippen molar-refractivity contribution >= 4 is 0 Å². The van der Waals surface area contributed by atoms with Crippen molar-refractivity contribution in [3.63, 3.8) is 0 Å². The van der Waals surface area contributed by atoms with E-state index < -0.39 is 0 Å². The number of hydrogen-bond acceptors (Lipinski definition) is 4. The van der Waals surface area contributed by atoms with Crippen LogP contribution >= 0.6 is 0 Å². The Labute approximate surface area is 394 Å². The Balaban J connectivity index is 1.15. The highest BCUT2D eigenvalue weighted by Gasteiger charge is 2.31. The van der Waals surface area contributed by atoms with Gasteiger partial charge in [-0.05, 0) is 192 Å². The number of rotatable bonds is 23. The van der Waals surface area contributed by atoms with Crippen molar-refractivity contribution in [1.82, 2.24) is 19.9 Å². The Morgan fingerprint density at radius 3 is 0.742 bits per heavy atom. The zero-order chi connectivity index (χ0) is 45.2. The van der Waals surface area contributed by atoms with Crippen LogP contribution in [-0.4, -0.2) is 19.9 Å². The van der Waals surface area contributed by atoms with Gasteiger partial charge in [0.25, 0.3) is 0 Å². The smallest absolute Gasteiger partial charge is 0.0270 e. The Morgan fingerprint density at radius 1 is 0.258 bits per heavy atom. The fraction of sp³-hybridized carbons (Fsp3) is 0.290. The monoisotopic (exact) mass is 867 g/mol. The van der Waals surface area contributed by atoms with Crippen molar-refractivity contribution in [3.05, 3.63) is 264 Å². The van der Waals surface area contributed by atoms with Crippen LogP contribution in [0.3, 0.4) is 0 Å². The van der Waals surface area contributed by atoms with Gasteiger partial charge >= 0.3 is 0 Å². The summed E-state index contributed by atoms with van der Waals surface area (Å²) in [5.41, 5.74) is 11.1. The zero-order valence-corrected chi connectivity index (χ0v) is 38.8. The van der Waals surface area contributed by atoms with E-state index in [0.717, 1.165) is 51.4 Å². The van der Waals surface area contributed by atoms with Crippen molar-refractivity contribution in [2.45, 2.75) is 113 Å². The molecule has 8 unspecified atom stereocenters. The highest BCUT2D eigenvalue weighted by molar-refractivity contribution is 5.31. The molecule has 66 heavy (non-hydrogen) atoms. The fourth-order valence-corrected chi connectivity index (χ4v) is 10.9. The van der Waals surface area contributed by atoms with Crippen LogP contribution < -0.4 is 0 Å². The van der Waals surface area contributed by atoms with Gasteiger partial charge in [-0.1, -0.05) is 135 Å². The molecule has 8 atom stereocenters. The minimum absolute atomic E-state index is 0.288. The van der Waals surface area contributed by atoms with Gasteiger partial charge in [-0.25, -0.2) is 0 Å². The maximum absolute atomic E-state index is 4.54. The van der Waals surface area contributed by atoms with E-state index in [9.17, 15) is 0 Å². The zero-order valence-electron chi connectivity index (χ0n) is 38.8. The summed E-state index contributed by atoms with van der Waals surface area (Å²) in [6.07, 6.45) is 24.2. The van der Waals surface area contributed by atoms with Gasteiger partial charge in [0.15, 0.2) is 0 Å². The van der Waals surface area contributed by atoms with Crippen LogP contribution in [0.25, 0.3) is 0 Å². The Morgan fingerprint density at radius 2 is 0.470 bits per heavy atom. The van der Waals surface area contributed by atoms with Crippen molar-refractivity contribution in [1.29, 1.82) is 0 Å². The van der Waals surface area contributed by atoms with Crippen LogP contribution in [0.2, 0.25) is 0 Å². The number of aromatic nitrogens is 4. The van der Waals surface area contributed by atoms with Crippen molar-refractivity contribution in [2.75, 3.05) is 0 Å². The lowest BCUT2D eigenvalue weighted by Crippen LogP contribution is -2.17. The number of pyridine rings is 4. The van der Waals surface area contributed by atoms with E-state index in [1.54, 1.807) is 0 Å². The topological polar surface area (TPSA) is 51.6 Å². The molecule has 0 fully saturated rings. The van der Waals surface area contributed by atoms with Gasteiger partial charge < -0.3 is 0 Å². The number of nitrogens with zero attached hydrogens (tertiary/aromatic N) is 4. The lowest BCUT2D eigenvalue weighted by Gasteiger charge is -2.34. The molecule has 0 radical (unpaired) electrons. The molecule has 8 aromatic rings. The van der Waals surface area contributed by atoms with Crippen molar-refractivity contribution in [2.24, 2.45) is 0 Å². The summed E-state index contributed by atoms with van der Waals surface area (Å²) in [6, 6.07) is 63.3. The predicted molar refractivity (Wildman–Crippen MR) is 273 cm³/mol. The molecule has 0 aliphatic rings. The first-order valence-corrected chi connectivity index (χ1v) is 24.4. The maximum atomic E-state index is 4.54. The Kier molecular flexibility index (Phi) is 16.8. The summed E-state index contributed by atoms with van der Waals surface area (Å²) in [7, 11) is 0. The molecule has 0 bridgehead atoms. The standard InChI is InChI=1S/C62H66N4/c1-3-48(50-16-8-4-9-17-50)41-58(51-18-10-5-11-19-51)43-59(52-20-12-6-13-21-52)44-60(53-22-14-7-15-23-53)45-62(56-30-38-66-39-31-56)46-61(55-28-36-65-37-29-55)42-57(54-26-34-64-35-27-54)40-47(2)49-24-32-63-33-25-49/h4-39,47-48,57-62H,3,40-46H2,1-2H3. The molecule has 334 valence electrons. The lowest BCUT2D eigenvalue weighted by atomic mass is 9.71. The molecule has 4 aromatic carbocycles. The summed E-state index contributed by atoms with van der Waals surface area (Å²) < 4.78 is 0. The van der Waals surface area contributed by atoms with E-state index in [-0.39, 0.29) is 5.92 Å². The molecule has 0 saturated heterocycles. The molecule has 4 nitrogen and oxygen atoms in total. The van der Waals surface area contributed by atoms with Crippen LogP contribution in [-0.2, 0) is 0 Å². The number of benzene rings is 4. The largest absolute Gasteiger partial charge is 0.265 e. The highest BCUT2D eigenvalue weighted by atomic mass is 14.6. The summed E-state index contributed by atoms with van der Waals surface area (Å²) in [5, 5.41) is 0. The molecule has 0 saturated carbocycles. The van der Waals surface area contributed by atoms with Crippen LogP contribution in [0.4, 0.5) is 0 Å². The Bertz CT molecular complexity index is 2530. The third-order valence-corrected chi connectivity index (χ3v) is 14.4. The molecule has 0 aliphatic heterocycles. The third kappa shape index (κ3) is 12.8. The van der Waals surface area contributed by atoms with Gasteiger partial charge in [0.2, 0.25) is 0 Å². The number of hydrogen-bond donors (Lipinski definition) is 0. The molecule has 4 aromatic heterocycles. The Hall–Kier alpha value is -6.52. The third-order valence-electron chi connectivity index (χ3n) is 14.4. The minimum Gasteiger partial charge on any atom is -0.265 e. The van der Waals surface area contributed by atoms with Gasteiger partial charge in [-0.2, -0.15) is 0 Å². The summed E-state index contributed by atoms with van der Waals surface area (Å²) >= 11 is 0. The summed E-state index contributed by atoms with van der Waals surface area (Å²) in [4.78, 5) is 17.8. The minimum atomic E-state index is 0.288. The maximum Gasteiger partial charge on any atom is 0.0270 e. The first-order chi connectivity index (χ1) is 32.6. The van der Waals surface area contributed by atoms with Crippen LogP contribution in [0.15, 0.2) is 219 Å².